The average Bonchev–Trinajstić information content (AvgIpc) is 2.34. The van der Waals surface area contributed by atoms with Crippen LogP contribution in [-0.2, 0) is 11.2 Å². The molecule has 0 saturated carbocycles. The number of nitrogens with one attached hydrogen (secondary N) is 1. The molecule has 0 radical (unpaired) electrons. The van der Waals surface area contributed by atoms with Crippen molar-refractivity contribution in [3.63, 3.8) is 0 Å². The van der Waals surface area contributed by atoms with Gasteiger partial charge in [0, 0.05) is 13.0 Å². The van der Waals surface area contributed by atoms with E-state index in [1.165, 1.54) is 0 Å². The highest BCUT2D eigenvalue weighted by molar-refractivity contribution is 5.76. The SMILES string of the molecule is O=C(CCc1ccccc1)NCC(O)C(F)F. The van der Waals surface area contributed by atoms with Gasteiger partial charge < -0.3 is 10.4 Å². The summed E-state index contributed by atoms with van der Waals surface area (Å²) in [5, 5.41) is 11.1. The molecule has 0 spiro atoms. The normalized spacial score (nSPS) is 12.5. The maximum absolute atomic E-state index is 11.9. The van der Waals surface area contributed by atoms with Gasteiger partial charge in [-0.05, 0) is 12.0 Å². The average molecular weight is 243 g/mol. The number of benzene rings is 1. The largest absolute Gasteiger partial charge is 0.385 e. The van der Waals surface area contributed by atoms with Crippen molar-refractivity contribution in [2.45, 2.75) is 25.4 Å². The maximum Gasteiger partial charge on any atom is 0.265 e. The topological polar surface area (TPSA) is 49.3 Å². The minimum Gasteiger partial charge on any atom is -0.385 e. The minimum atomic E-state index is -2.83. The second kappa shape index (κ2) is 6.96. The fourth-order valence-electron chi connectivity index (χ4n) is 1.30. The zero-order chi connectivity index (χ0) is 12.7. The molecule has 0 bridgehead atoms. The van der Waals surface area contributed by atoms with Gasteiger partial charge in [-0.15, -0.1) is 0 Å². The Hall–Kier alpha value is -1.49. The summed E-state index contributed by atoms with van der Waals surface area (Å²) in [4.78, 5) is 11.3. The lowest BCUT2D eigenvalue weighted by Gasteiger charge is -2.10. The Morgan fingerprint density at radius 1 is 1.29 bits per heavy atom. The Morgan fingerprint density at radius 3 is 2.53 bits per heavy atom. The van der Waals surface area contributed by atoms with Crippen molar-refractivity contribution in [1.82, 2.24) is 5.32 Å². The third-order valence-electron chi connectivity index (χ3n) is 2.28. The van der Waals surface area contributed by atoms with E-state index in [4.69, 9.17) is 5.11 Å². The van der Waals surface area contributed by atoms with Crippen LogP contribution in [-0.4, -0.2) is 30.1 Å². The van der Waals surface area contributed by atoms with E-state index in [2.05, 4.69) is 5.32 Å². The van der Waals surface area contributed by atoms with Gasteiger partial charge in [0.2, 0.25) is 5.91 Å². The Labute approximate surface area is 98.5 Å². The van der Waals surface area contributed by atoms with Crippen LogP contribution in [0.15, 0.2) is 30.3 Å². The molecular formula is C12H15F2NO2. The Kier molecular flexibility index (Phi) is 5.56. The summed E-state index contributed by atoms with van der Waals surface area (Å²) >= 11 is 0. The van der Waals surface area contributed by atoms with Gasteiger partial charge in [0.1, 0.15) is 6.10 Å². The number of halogens is 2. The van der Waals surface area contributed by atoms with Gasteiger partial charge in [0.25, 0.3) is 6.43 Å². The summed E-state index contributed by atoms with van der Waals surface area (Å²) in [5.41, 5.74) is 1.01. The zero-order valence-corrected chi connectivity index (χ0v) is 9.27. The van der Waals surface area contributed by atoms with Crippen LogP contribution in [0.25, 0.3) is 0 Å². The summed E-state index contributed by atoms with van der Waals surface area (Å²) in [7, 11) is 0. The van der Waals surface area contributed by atoms with Gasteiger partial charge in [-0.1, -0.05) is 30.3 Å². The summed E-state index contributed by atoms with van der Waals surface area (Å²) in [5.74, 6) is -0.339. The Bertz CT molecular complexity index is 344. The van der Waals surface area contributed by atoms with Crippen molar-refractivity contribution in [2.24, 2.45) is 0 Å². The van der Waals surface area contributed by atoms with Crippen LogP contribution in [0.3, 0.4) is 0 Å². The molecule has 0 aliphatic carbocycles. The number of aliphatic hydroxyl groups excluding tert-OH is 1. The lowest BCUT2D eigenvalue weighted by Crippen LogP contribution is -2.35. The van der Waals surface area contributed by atoms with Gasteiger partial charge in [-0.25, -0.2) is 8.78 Å². The molecule has 3 nitrogen and oxygen atoms in total. The fraction of sp³-hybridized carbons (Fsp3) is 0.417. The fourth-order valence-corrected chi connectivity index (χ4v) is 1.30. The molecular weight excluding hydrogens is 228 g/mol. The molecule has 17 heavy (non-hydrogen) atoms. The highest BCUT2D eigenvalue weighted by atomic mass is 19.3. The molecule has 1 aromatic carbocycles. The van der Waals surface area contributed by atoms with Gasteiger partial charge in [0.05, 0.1) is 0 Å². The highest BCUT2D eigenvalue weighted by Crippen LogP contribution is 2.02. The molecule has 94 valence electrons. The molecule has 0 saturated heterocycles. The molecule has 1 aromatic rings. The third-order valence-corrected chi connectivity index (χ3v) is 2.28. The molecule has 0 aromatic heterocycles. The Balaban J connectivity index is 2.22. The molecule has 0 aliphatic heterocycles. The molecule has 2 N–H and O–H groups in total. The first-order valence-corrected chi connectivity index (χ1v) is 5.36. The van der Waals surface area contributed by atoms with E-state index in [1.807, 2.05) is 30.3 Å². The number of hydrogen-bond donors (Lipinski definition) is 2. The van der Waals surface area contributed by atoms with E-state index < -0.39 is 19.1 Å². The first-order chi connectivity index (χ1) is 8.09. The number of alkyl halides is 2. The van der Waals surface area contributed by atoms with Crippen molar-refractivity contribution in [3.8, 4) is 0 Å². The first-order valence-electron chi connectivity index (χ1n) is 5.36. The molecule has 1 amide bonds. The molecule has 0 aliphatic rings. The minimum absolute atomic E-state index is 0.222. The van der Waals surface area contributed by atoms with Crippen LogP contribution in [0.2, 0.25) is 0 Å². The number of carbonyl (C=O) groups is 1. The van der Waals surface area contributed by atoms with E-state index in [0.717, 1.165) is 5.56 Å². The molecule has 1 rings (SSSR count). The molecule has 1 atom stereocenters. The lowest BCUT2D eigenvalue weighted by atomic mass is 10.1. The smallest absolute Gasteiger partial charge is 0.265 e. The monoisotopic (exact) mass is 243 g/mol. The summed E-state index contributed by atoms with van der Waals surface area (Å²) in [6, 6.07) is 9.40. The summed E-state index contributed by atoms with van der Waals surface area (Å²) in [6.07, 6.45) is -3.85. The quantitative estimate of drug-likeness (QED) is 0.792. The Morgan fingerprint density at radius 2 is 1.94 bits per heavy atom. The molecule has 5 heteroatoms. The number of carbonyl (C=O) groups excluding carboxylic acids is 1. The zero-order valence-electron chi connectivity index (χ0n) is 9.27. The predicted octanol–water partition coefficient (Wildman–Crippen LogP) is 1.36. The van der Waals surface area contributed by atoms with Gasteiger partial charge >= 0.3 is 0 Å². The van der Waals surface area contributed by atoms with Crippen molar-refractivity contribution >= 4 is 5.91 Å². The van der Waals surface area contributed by atoms with Crippen LogP contribution >= 0.6 is 0 Å². The number of aliphatic hydroxyl groups is 1. The summed E-state index contributed by atoms with van der Waals surface area (Å²) in [6.45, 7) is -0.411. The van der Waals surface area contributed by atoms with Crippen molar-refractivity contribution in [1.29, 1.82) is 0 Å². The summed E-state index contributed by atoms with van der Waals surface area (Å²) < 4.78 is 23.9. The second-order valence-corrected chi connectivity index (χ2v) is 3.69. The second-order valence-electron chi connectivity index (χ2n) is 3.69. The van der Waals surface area contributed by atoms with E-state index in [9.17, 15) is 13.6 Å². The third kappa shape index (κ3) is 5.40. The molecule has 0 heterocycles. The maximum atomic E-state index is 11.9. The number of hydrogen-bond acceptors (Lipinski definition) is 2. The number of rotatable bonds is 6. The van der Waals surface area contributed by atoms with E-state index in [-0.39, 0.29) is 12.3 Å². The van der Waals surface area contributed by atoms with Crippen molar-refractivity contribution < 1.29 is 18.7 Å². The van der Waals surface area contributed by atoms with E-state index in [0.29, 0.717) is 6.42 Å². The van der Waals surface area contributed by atoms with Gasteiger partial charge in [0.15, 0.2) is 0 Å². The lowest BCUT2D eigenvalue weighted by molar-refractivity contribution is -0.122. The van der Waals surface area contributed by atoms with Crippen LogP contribution in [0.4, 0.5) is 8.78 Å². The van der Waals surface area contributed by atoms with Gasteiger partial charge in [-0.2, -0.15) is 0 Å². The predicted molar refractivity (Wildman–Crippen MR) is 59.8 cm³/mol. The molecule has 1 unspecified atom stereocenters. The van der Waals surface area contributed by atoms with E-state index in [1.54, 1.807) is 0 Å². The molecule has 0 fully saturated rings. The first kappa shape index (κ1) is 13.6. The van der Waals surface area contributed by atoms with Crippen molar-refractivity contribution in [3.05, 3.63) is 35.9 Å². The number of amides is 1. The highest BCUT2D eigenvalue weighted by Gasteiger charge is 2.17. The van der Waals surface area contributed by atoms with Crippen molar-refractivity contribution in [2.75, 3.05) is 6.54 Å². The standard InChI is InChI=1S/C12H15F2NO2/c13-12(14)10(16)8-15-11(17)7-6-9-4-2-1-3-5-9/h1-5,10,12,16H,6-8H2,(H,15,17). The number of aryl methyl sites for hydroxylation is 1. The van der Waals surface area contributed by atoms with Gasteiger partial charge in [-0.3, -0.25) is 4.79 Å². The van der Waals surface area contributed by atoms with Crippen LogP contribution in [0, 0.1) is 0 Å². The van der Waals surface area contributed by atoms with Crippen LogP contribution in [0.5, 0.6) is 0 Å². The van der Waals surface area contributed by atoms with E-state index >= 15 is 0 Å². The van der Waals surface area contributed by atoms with Crippen LogP contribution in [0.1, 0.15) is 12.0 Å². The van der Waals surface area contributed by atoms with Crippen LogP contribution < -0.4 is 5.32 Å².